The van der Waals surface area contributed by atoms with Crippen LogP contribution in [0.15, 0.2) is 24.3 Å². The molecule has 0 atom stereocenters. The van der Waals surface area contributed by atoms with Gasteiger partial charge in [0.1, 0.15) is 17.3 Å². The van der Waals surface area contributed by atoms with E-state index in [-0.39, 0.29) is 5.91 Å². The molecule has 1 aliphatic carbocycles. The number of carbonyl (C=O) groups is 1. The second kappa shape index (κ2) is 7.83. The molecule has 2 aromatic rings. The van der Waals surface area contributed by atoms with E-state index in [0.717, 1.165) is 18.4 Å². The van der Waals surface area contributed by atoms with Crippen LogP contribution in [0.25, 0.3) is 0 Å². The first-order chi connectivity index (χ1) is 12.0. The summed E-state index contributed by atoms with van der Waals surface area (Å²) in [5.74, 6) is 1.03. The van der Waals surface area contributed by atoms with Gasteiger partial charge in [-0.05, 0) is 44.4 Å². The van der Waals surface area contributed by atoms with Crippen LogP contribution in [0, 0.1) is 13.8 Å². The van der Waals surface area contributed by atoms with Crippen molar-refractivity contribution >= 4 is 29.0 Å². The van der Waals surface area contributed by atoms with Gasteiger partial charge in [-0.15, -0.1) is 0 Å². The van der Waals surface area contributed by atoms with Gasteiger partial charge in [-0.1, -0.05) is 36.9 Å². The Hall–Kier alpha value is -2.14. The number of anilines is 2. The first kappa shape index (κ1) is 17.7. The molecule has 3 rings (SSSR count). The monoisotopic (exact) mass is 358 g/mol. The Morgan fingerprint density at radius 3 is 2.68 bits per heavy atom. The van der Waals surface area contributed by atoms with Crippen LogP contribution in [-0.4, -0.2) is 21.9 Å². The van der Waals surface area contributed by atoms with Crippen molar-refractivity contribution in [1.29, 1.82) is 0 Å². The number of rotatable bonds is 4. The molecular weight excluding hydrogens is 336 g/mol. The summed E-state index contributed by atoms with van der Waals surface area (Å²) < 4.78 is 0. The molecule has 1 aromatic carbocycles. The lowest BCUT2D eigenvalue weighted by molar-refractivity contribution is 0.102. The van der Waals surface area contributed by atoms with Crippen LogP contribution >= 0.6 is 11.6 Å². The molecule has 6 heteroatoms. The summed E-state index contributed by atoms with van der Waals surface area (Å²) in [5, 5.41) is 6.95. The lowest BCUT2D eigenvalue weighted by Crippen LogP contribution is -2.24. The predicted molar refractivity (Wildman–Crippen MR) is 101 cm³/mol. The summed E-state index contributed by atoms with van der Waals surface area (Å²) >= 11 is 6.12. The van der Waals surface area contributed by atoms with Crippen LogP contribution in [0.5, 0.6) is 0 Å². The number of benzene rings is 1. The fourth-order valence-electron chi connectivity index (χ4n) is 3.14. The third-order valence-electron chi connectivity index (χ3n) is 4.54. The first-order valence-electron chi connectivity index (χ1n) is 8.71. The minimum atomic E-state index is -0.262. The number of hydrogen-bond acceptors (Lipinski definition) is 4. The Bertz CT molecular complexity index is 772. The number of hydrogen-bond donors (Lipinski definition) is 2. The molecule has 0 unspecified atom stereocenters. The number of nitrogens with zero attached hydrogens (tertiary/aromatic N) is 2. The molecule has 2 N–H and O–H groups in total. The third kappa shape index (κ3) is 4.48. The molecule has 25 heavy (non-hydrogen) atoms. The molecule has 1 heterocycles. The molecule has 1 aromatic heterocycles. The summed E-state index contributed by atoms with van der Waals surface area (Å²) in [6, 6.07) is 7.58. The highest BCUT2D eigenvalue weighted by Crippen LogP contribution is 2.24. The van der Waals surface area contributed by atoms with E-state index < -0.39 is 0 Å². The maximum absolute atomic E-state index is 12.6. The largest absolute Gasteiger partial charge is 0.367 e. The van der Waals surface area contributed by atoms with Crippen molar-refractivity contribution in [3.8, 4) is 0 Å². The van der Waals surface area contributed by atoms with E-state index in [2.05, 4.69) is 20.6 Å². The average molecular weight is 359 g/mol. The topological polar surface area (TPSA) is 66.9 Å². The summed E-state index contributed by atoms with van der Waals surface area (Å²) in [7, 11) is 0. The number of halogens is 1. The Morgan fingerprint density at radius 2 is 1.92 bits per heavy atom. The molecular formula is C19H23ClN4O. The van der Waals surface area contributed by atoms with Gasteiger partial charge in [0.05, 0.1) is 0 Å². The van der Waals surface area contributed by atoms with E-state index in [1.807, 2.05) is 19.1 Å². The predicted octanol–water partition coefficient (Wildman–Crippen LogP) is 4.74. The first-order valence-corrected chi connectivity index (χ1v) is 9.09. The molecule has 0 radical (unpaired) electrons. The zero-order chi connectivity index (χ0) is 17.8. The highest BCUT2D eigenvalue weighted by Gasteiger charge is 2.16. The highest BCUT2D eigenvalue weighted by atomic mass is 35.5. The van der Waals surface area contributed by atoms with Gasteiger partial charge < -0.3 is 10.6 Å². The Balaban J connectivity index is 1.76. The van der Waals surface area contributed by atoms with Gasteiger partial charge in [-0.3, -0.25) is 4.79 Å². The molecule has 5 nitrogen and oxygen atoms in total. The zero-order valence-corrected chi connectivity index (χ0v) is 15.4. The van der Waals surface area contributed by atoms with E-state index in [9.17, 15) is 4.79 Å². The van der Waals surface area contributed by atoms with Crippen LogP contribution < -0.4 is 10.6 Å². The molecule has 0 bridgehead atoms. The van der Waals surface area contributed by atoms with Gasteiger partial charge in [-0.2, -0.15) is 0 Å². The van der Waals surface area contributed by atoms with E-state index in [4.69, 9.17) is 11.6 Å². The number of carbonyl (C=O) groups excluding carboxylic acids is 1. The van der Waals surface area contributed by atoms with E-state index >= 15 is 0 Å². The zero-order valence-electron chi connectivity index (χ0n) is 14.6. The summed E-state index contributed by atoms with van der Waals surface area (Å²) in [5.41, 5.74) is 1.88. The normalized spacial score (nSPS) is 15.0. The van der Waals surface area contributed by atoms with Crippen molar-refractivity contribution in [3.63, 3.8) is 0 Å². The van der Waals surface area contributed by atoms with Crippen molar-refractivity contribution < 1.29 is 4.79 Å². The van der Waals surface area contributed by atoms with Crippen LogP contribution in [0.3, 0.4) is 0 Å². The van der Waals surface area contributed by atoms with Crippen LogP contribution in [0.2, 0.25) is 5.02 Å². The van der Waals surface area contributed by atoms with Crippen molar-refractivity contribution in [2.24, 2.45) is 0 Å². The van der Waals surface area contributed by atoms with E-state index in [1.54, 1.807) is 19.1 Å². The SMILES string of the molecule is Cc1nc(NC2CCCCC2)cc(C(=O)Nc2cccc(Cl)c2C)n1. The summed E-state index contributed by atoms with van der Waals surface area (Å²) in [6.07, 6.45) is 6.07. The van der Waals surface area contributed by atoms with E-state index in [1.165, 1.54) is 19.3 Å². The fraction of sp³-hybridized carbons (Fsp3) is 0.421. The lowest BCUT2D eigenvalue weighted by Gasteiger charge is -2.23. The molecule has 1 fully saturated rings. The maximum Gasteiger partial charge on any atom is 0.274 e. The number of nitrogens with one attached hydrogen (secondary N) is 2. The van der Waals surface area contributed by atoms with Crippen molar-refractivity contribution in [2.75, 3.05) is 10.6 Å². The van der Waals surface area contributed by atoms with Crippen LogP contribution in [-0.2, 0) is 0 Å². The highest BCUT2D eigenvalue weighted by molar-refractivity contribution is 6.31. The fourth-order valence-corrected chi connectivity index (χ4v) is 3.32. The second-order valence-corrected chi connectivity index (χ2v) is 6.94. The quantitative estimate of drug-likeness (QED) is 0.828. The van der Waals surface area contributed by atoms with Gasteiger partial charge in [0.25, 0.3) is 5.91 Å². The van der Waals surface area contributed by atoms with Gasteiger partial charge in [-0.25, -0.2) is 9.97 Å². The van der Waals surface area contributed by atoms with Crippen LogP contribution in [0.4, 0.5) is 11.5 Å². The third-order valence-corrected chi connectivity index (χ3v) is 4.95. The van der Waals surface area contributed by atoms with Crippen LogP contribution in [0.1, 0.15) is 54.0 Å². The van der Waals surface area contributed by atoms with Gasteiger partial charge in [0.15, 0.2) is 0 Å². The standard InChI is InChI=1S/C19H23ClN4O/c1-12-15(20)9-6-10-16(12)24-19(25)17-11-18(22-13(2)21-17)23-14-7-4-3-5-8-14/h6,9-11,14H,3-5,7-8H2,1-2H3,(H,24,25)(H,21,22,23). The Kier molecular flexibility index (Phi) is 5.53. The second-order valence-electron chi connectivity index (χ2n) is 6.53. The molecule has 0 aliphatic heterocycles. The van der Waals surface area contributed by atoms with Gasteiger partial charge in [0.2, 0.25) is 0 Å². The lowest BCUT2D eigenvalue weighted by atomic mass is 9.95. The maximum atomic E-state index is 12.6. The van der Waals surface area contributed by atoms with E-state index in [0.29, 0.717) is 34.1 Å². The molecule has 132 valence electrons. The number of aryl methyl sites for hydroxylation is 1. The smallest absolute Gasteiger partial charge is 0.274 e. The van der Waals surface area contributed by atoms with Crippen molar-refractivity contribution in [3.05, 3.63) is 46.4 Å². The minimum Gasteiger partial charge on any atom is -0.367 e. The number of amides is 1. The van der Waals surface area contributed by atoms with Gasteiger partial charge in [0, 0.05) is 22.8 Å². The summed E-state index contributed by atoms with van der Waals surface area (Å²) in [6.45, 7) is 3.67. The van der Waals surface area contributed by atoms with Crippen molar-refractivity contribution in [1.82, 2.24) is 9.97 Å². The summed E-state index contributed by atoms with van der Waals surface area (Å²) in [4.78, 5) is 21.3. The molecule has 0 saturated heterocycles. The molecule has 1 aliphatic rings. The molecule has 0 spiro atoms. The Morgan fingerprint density at radius 1 is 1.16 bits per heavy atom. The minimum absolute atomic E-state index is 0.262. The molecule has 1 saturated carbocycles. The Labute approximate surface area is 153 Å². The van der Waals surface area contributed by atoms with Crippen molar-refractivity contribution in [2.45, 2.75) is 52.0 Å². The number of aromatic nitrogens is 2. The average Bonchev–Trinajstić information content (AvgIpc) is 2.59. The molecule has 1 amide bonds. The van der Waals surface area contributed by atoms with Gasteiger partial charge >= 0.3 is 0 Å².